The molecule has 1 rings (SSSR count). The van der Waals surface area contributed by atoms with Crippen LogP contribution < -0.4 is 0 Å². The molecule has 0 bridgehead atoms. The molecule has 0 aliphatic rings. The Hall–Kier alpha value is 0.200. The maximum atomic E-state index is 13.3. The summed E-state index contributed by atoms with van der Waals surface area (Å²) in [6.07, 6.45) is 3.50. The van der Waals surface area contributed by atoms with Crippen LogP contribution in [0.2, 0.25) is 0 Å². The molecule has 70 valence electrons. The van der Waals surface area contributed by atoms with Crippen LogP contribution in [-0.4, -0.2) is 5.75 Å². The molecule has 0 N–H and O–H groups in total. The number of halogens is 3. The molecule has 0 fully saturated rings. The summed E-state index contributed by atoms with van der Waals surface area (Å²) < 4.78 is 14.8. The minimum absolute atomic E-state index is 0.251. The average molecular weight is 326 g/mol. The van der Waals surface area contributed by atoms with Gasteiger partial charge in [-0.1, -0.05) is 44.0 Å². The van der Waals surface area contributed by atoms with Crippen molar-refractivity contribution in [1.29, 1.82) is 0 Å². The first kappa shape index (κ1) is 11.3. The third-order valence-corrected chi connectivity index (χ3v) is 2.76. The van der Waals surface area contributed by atoms with Gasteiger partial charge in [-0.2, -0.15) is 12.6 Å². The van der Waals surface area contributed by atoms with Crippen LogP contribution in [0.5, 0.6) is 0 Å². The van der Waals surface area contributed by atoms with Gasteiger partial charge in [0, 0.05) is 20.3 Å². The van der Waals surface area contributed by atoms with Crippen molar-refractivity contribution in [2.24, 2.45) is 0 Å². The second-order valence-corrected chi connectivity index (χ2v) is 4.50. The van der Waals surface area contributed by atoms with Gasteiger partial charge < -0.3 is 0 Å². The molecule has 1 aromatic rings. The lowest BCUT2D eigenvalue weighted by atomic mass is 10.2. The van der Waals surface area contributed by atoms with Crippen LogP contribution in [0, 0.1) is 5.82 Å². The van der Waals surface area contributed by atoms with Crippen molar-refractivity contribution >= 4 is 50.6 Å². The van der Waals surface area contributed by atoms with E-state index in [4.69, 9.17) is 0 Å². The third kappa shape index (κ3) is 3.11. The average Bonchev–Trinajstić information content (AvgIpc) is 2.02. The molecule has 0 radical (unpaired) electrons. The molecule has 0 saturated heterocycles. The molecule has 0 saturated carbocycles. The van der Waals surface area contributed by atoms with Gasteiger partial charge in [0.25, 0.3) is 0 Å². The van der Waals surface area contributed by atoms with Crippen molar-refractivity contribution in [2.75, 3.05) is 5.75 Å². The lowest BCUT2D eigenvalue weighted by molar-refractivity contribution is 0.623. The van der Waals surface area contributed by atoms with Crippen LogP contribution in [0.15, 0.2) is 27.2 Å². The minimum Gasteiger partial charge on any atom is -0.206 e. The molecule has 13 heavy (non-hydrogen) atoms. The fraction of sp³-hybridized carbons (Fsp3) is 0.111. The van der Waals surface area contributed by atoms with Crippen LogP contribution in [0.3, 0.4) is 0 Å². The zero-order valence-electron chi connectivity index (χ0n) is 6.60. The molecule has 0 aliphatic heterocycles. The molecule has 0 aliphatic carbocycles. The van der Waals surface area contributed by atoms with Crippen LogP contribution in [0.25, 0.3) is 6.08 Å². The van der Waals surface area contributed by atoms with E-state index in [9.17, 15) is 4.39 Å². The zero-order valence-corrected chi connectivity index (χ0v) is 10.7. The third-order valence-electron chi connectivity index (χ3n) is 1.43. The fourth-order valence-corrected chi connectivity index (χ4v) is 2.29. The second-order valence-electron chi connectivity index (χ2n) is 2.37. The lowest BCUT2D eigenvalue weighted by Crippen LogP contribution is -1.84. The maximum absolute atomic E-state index is 13.3. The van der Waals surface area contributed by atoms with Gasteiger partial charge in [0.15, 0.2) is 0 Å². The van der Waals surface area contributed by atoms with Crippen LogP contribution in [-0.2, 0) is 0 Å². The van der Waals surface area contributed by atoms with E-state index in [1.54, 1.807) is 18.2 Å². The molecule has 0 atom stereocenters. The summed E-state index contributed by atoms with van der Waals surface area (Å²) in [7, 11) is 0. The van der Waals surface area contributed by atoms with Crippen molar-refractivity contribution in [2.45, 2.75) is 0 Å². The first-order chi connectivity index (χ1) is 6.15. The van der Waals surface area contributed by atoms with E-state index in [-0.39, 0.29) is 5.82 Å². The SMILES string of the molecule is Fc1cc(Br)cc(Br)c1C=CCS. The van der Waals surface area contributed by atoms with Crippen LogP contribution >= 0.6 is 44.5 Å². The predicted molar refractivity (Wildman–Crippen MR) is 64.7 cm³/mol. The molecular formula is C9H7Br2FS. The van der Waals surface area contributed by atoms with Crippen molar-refractivity contribution in [1.82, 2.24) is 0 Å². The molecule has 0 aromatic heterocycles. The molecule has 4 heteroatoms. The summed E-state index contributed by atoms with van der Waals surface area (Å²) in [5.74, 6) is 0.348. The molecular weight excluding hydrogens is 319 g/mol. The van der Waals surface area contributed by atoms with E-state index in [1.807, 2.05) is 0 Å². The predicted octanol–water partition coefficient (Wildman–Crippen LogP) is 4.29. The molecule has 0 unspecified atom stereocenters. The molecule has 1 aromatic carbocycles. The van der Waals surface area contributed by atoms with E-state index in [1.165, 1.54) is 6.07 Å². The lowest BCUT2D eigenvalue weighted by Gasteiger charge is -2.01. The van der Waals surface area contributed by atoms with Gasteiger partial charge in [-0.05, 0) is 12.1 Å². The maximum Gasteiger partial charge on any atom is 0.132 e. The first-order valence-electron chi connectivity index (χ1n) is 3.57. The number of rotatable bonds is 2. The van der Waals surface area contributed by atoms with Crippen molar-refractivity contribution in [3.63, 3.8) is 0 Å². The quantitative estimate of drug-likeness (QED) is 0.770. The van der Waals surface area contributed by atoms with E-state index < -0.39 is 0 Å². The molecule has 0 heterocycles. The normalized spacial score (nSPS) is 11.1. The highest BCUT2D eigenvalue weighted by Crippen LogP contribution is 2.26. The Balaban J connectivity index is 3.13. The summed E-state index contributed by atoms with van der Waals surface area (Å²) in [4.78, 5) is 0. The first-order valence-corrected chi connectivity index (χ1v) is 5.79. The summed E-state index contributed by atoms with van der Waals surface area (Å²) >= 11 is 10.5. The number of hydrogen-bond donors (Lipinski definition) is 1. The Morgan fingerprint density at radius 2 is 2.08 bits per heavy atom. The van der Waals surface area contributed by atoms with Gasteiger partial charge >= 0.3 is 0 Å². The zero-order chi connectivity index (χ0) is 9.84. The summed E-state index contributed by atoms with van der Waals surface area (Å²) in [6.45, 7) is 0. The van der Waals surface area contributed by atoms with Gasteiger partial charge in [-0.15, -0.1) is 0 Å². The smallest absolute Gasteiger partial charge is 0.132 e. The Kier molecular flexibility index (Phi) is 4.49. The van der Waals surface area contributed by atoms with E-state index >= 15 is 0 Å². The molecule has 0 spiro atoms. The highest BCUT2D eigenvalue weighted by molar-refractivity contribution is 9.11. The van der Waals surface area contributed by atoms with Crippen LogP contribution in [0.1, 0.15) is 5.56 Å². The second kappa shape index (κ2) is 5.17. The van der Waals surface area contributed by atoms with Gasteiger partial charge in [-0.3, -0.25) is 0 Å². The monoisotopic (exact) mass is 324 g/mol. The van der Waals surface area contributed by atoms with Crippen molar-refractivity contribution in [3.05, 3.63) is 38.5 Å². The topological polar surface area (TPSA) is 0 Å². The molecule has 0 nitrogen and oxygen atoms in total. The number of benzene rings is 1. The standard InChI is InChI=1S/C9H7Br2FS/c10-6-4-8(11)7(2-1-3-13)9(12)5-6/h1-2,4-5,13H,3H2. The van der Waals surface area contributed by atoms with E-state index in [0.29, 0.717) is 11.3 Å². The Bertz CT molecular complexity index is 313. The van der Waals surface area contributed by atoms with Crippen LogP contribution in [0.4, 0.5) is 4.39 Å². The van der Waals surface area contributed by atoms with E-state index in [0.717, 1.165) is 8.95 Å². The highest BCUT2D eigenvalue weighted by Gasteiger charge is 2.04. The largest absolute Gasteiger partial charge is 0.206 e. The Morgan fingerprint density at radius 3 is 2.62 bits per heavy atom. The summed E-state index contributed by atoms with van der Waals surface area (Å²) in [6, 6.07) is 3.24. The number of hydrogen-bond acceptors (Lipinski definition) is 1. The summed E-state index contributed by atoms with van der Waals surface area (Å²) in [5, 5.41) is 0. The minimum atomic E-state index is -0.251. The Morgan fingerprint density at radius 1 is 1.38 bits per heavy atom. The van der Waals surface area contributed by atoms with Gasteiger partial charge in [0.05, 0.1) is 0 Å². The highest BCUT2D eigenvalue weighted by atomic mass is 79.9. The van der Waals surface area contributed by atoms with Gasteiger partial charge in [0.1, 0.15) is 5.82 Å². The summed E-state index contributed by atoms with van der Waals surface area (Å²) in [5.41, 5.74) is 0.553. The van der Waals surface area contributed by atoms with Gasteiger partial charge in [-0.25, -0.2) is 4.39 Å². The van der Waals surface area contributed by atoms with Gasteiger partial charge in [0.2, 0.25) is 0 Å². The molecule has 0 amide bonds. The van der Waals surface area contributed by atoms with Crippen molar-refractivity contribution < 1.29 is 4.39 Å². The Labute approximate surface area is 98.9 Å². The number of thiol groups is 1. The fourth-order valence-electron chi connectivity index (χ4n) is 0.883. The van der Waals surface area contributed by atoms with Crippen molar-refractivity contribution in [3.8, 4) is 0 Å². The van der Waals surface area contributed by atoms with E-state index in [2.05, 4.69) is 44.5 Å².